The monoisotopic (exact) mass is 435 g/mol. The summed E-state index contributed by atoms with van der Waals surface area (Å²) in [4.78, 5) is 3.54. The highest BCUT2D eigenvalue weighted by Gasteiger charge is 2.34. The predicted octanol–water partition coefficient (Wildman–Crippen LogP) is 8.19. The van der Waals surface area contributed by atoms with Crippen LogP contribution in [-0.2, 0) is 10.9 Å². The minimum Gasteiger partial charge on any atom is -0.484 e. The molecule has 0 saturated heterocycles. The molecule has 0 heterocycles. The van der Waals surface area contributed by atoms with Crippen molar-refractivity contribution in [3.63, 3.8) is 0 Å². The van der Waals surface area contributed by atoms with E-state index in [1.54, 1.807) is 6.07 Å². The van der Waals surface area contributed by atoms with Crippen LogP contribution in [0.4, 0.5) is 4.39 Å². The Hall–Kier alpha value is -2.26. The summed E-state index contributed by atoms with van der Waals surface area (Å²) in [6, 6.07) is 26.4. The summed E-state index contributed by atoms with van der Waals surface area (Å²) in [5.41, 5.74) is -0.252. The van der Waals surface area contributed by atoms with Crippen LogP contribution >= 0.6 is 0 Å². The molecule has 0 N–H and O–H groups in total. The first-order valence-corrected chi connectivity index (χ1v) is 12.8. The lowest BCUT2D eigenvalue weighted by Crippen LogP contribution is -2.36. The number of hydrogen-bond donors (Lipinski definition) is 0. The van der Waals surface area contributed by atoms with E-state index in [9.17, 15) is 4.39 Å². The molecule has 0 aliphatic heterocycles. The Morgan fingerprint density at radius 1 is 0.742 bits per heavy atom. The van der Waals surface area contributed by atoms with Gasteiger partial charge in [0.15, 0.2) is 26.3 Å². The summed E-state index contributed by atoms with van der Waals surface area (Å²) >= 11 is 0. The molecule has 4 rings (SSSR count). The van der Waals surface area contributed by atoms with Gasteiger partial charge in [-0.1, -0.05) is 62.6 Å². The third-order valence-electron chi connectivity index (χ3n) is 6.33. The summed E-state index contributed by atoms with van der Waals surface area (Å²) in [6.45, 7) is 2.18. The largest absolute Gasteiger partial charge is 0.484 e. The first-order valence-electron chi connectivity index (χ1n) is 11.5. The molecule has 1 nitrogen and oxygen atoms in total. The van der Waals surface area contributed by atoms with E-state index in [1.807, 2.05) is 24.3 Å². The second-order valence-electron chi connectivity index (χ2n) is 8.43. The van der Waals surface area contributed by atoms with Crippen molar-refractivity contribution in [3.05, 3.63) is 84.7 Å². The molecule has 31 heavy (non-hydrogen) atoms. The Morgan fingerprint density at radius 3 is 1.84 bits per heavy atom. The van der Waals surface area contributed by atoms with Gasteiger partial charge in [0.05, 0.1) is 10.9 Å². The molecule has 1 aliphatic rings. The molecule has 0 bridgehead atoms. The molecule has 1 aliphatic carbocycles. The third-order valence-corrected chi connectivity index (χ3v) is 8.54. The molecular weight excluding hydrogens is 403 g/mol. The fourth-order valence-corrected chi connectivity index (χ4v) is 6.63. The highest BCUT2D eigenvalue weighted by molar-refractivity contribution is 7.97. The van der Waals surface area contributed by atoms with Crippen molar-refractivity contribution in [2.24, 2.45) is 0 Å². The van der Waals surface area contributed by atoms with Crippen molar-refractivity contribution in [2.75, 3.05) is 0 Å². The molecule has 1 fully saturated rings. The predicted molar refractivity (Wildman–Crippen MR) is 127 cm³/mol. The second-order valence-corrected chi connectivity index (χ2v) is 10.5. The fraction of sp³-hybridized carbons (Fsp3) is 0.357. The van der Waals surface area contributed by atoms with E-state index < -0.39 is 0 Å². The average Bonchev–Trinajstić information content (AvgIpc) is 2.79. The van der Waals surface area contributed by atoms with E-state index in [-0.39, 0.29) is 22.3 Å². The maximum Gasteiger partial charge on any atom is 0.170 e. The van der Waals surface area contributed by atoms with Gasteiger partial charge in [-0.25, -0.2) is 4.39 Å². The van der Waals surface area contributed by atoms with Crippen LogP contribution in [0.1, 0.15) is 58.3 Å². The zero-order chi connectivity index (χ0) is 21.5. The maximum absolute atomic E-state index is 15.0. The second kappa shape index (κ2) is 10.4. The van der Waals surface area contributed by atoms with Crippen LogP contribution in [-0.4, -0.2) is 5.60 Å². The van der Waals surface area contributed by atoms with Crippen LogP contribution in [0.5, 0.6) is 5.75 Å². The number of rotatable bonds is 6. The molecule has 0 aromatic heterocycles. The summed E-state index contributed by atoms with van der Waals surface area (Å²) < 4.78 is 21.5. The maximum atomic E-state index is 15.0. The number of hydrogen-bond acceptors (Lipinski definition) is 1. The van der Waals surface area contributed by atoms with Gasteiger partial charge in [0, 0.05) is 6.07 Å². The Morgan fingerprint density at radius 2 is 1.29 bits per heavy atom. The van der Waals surface area contributed by atoms with Gasteiger partial charge in [-0.3, -0.25) is 0 Å². The molecule has 0 radical (unpaired) electrons. The normalized spacial score (nSPS) is 16.5. The van der Waals surface area contributed by atoms with Gasteiger partial charge in [-0.2, -0.15) is 0 Å². The van der Waals surface area contributed by atoms with Crippen LogP contribution < -0.4 is 4.74 Å². The SMILES string of the molecule is CCC1(Oc2cc([S+](c3ccccc3)c3ccccc3)ccc2F)CCCCCCC1. The summed E-state index contributed by atoms with van der Waals surface area (Å²) in [5.74, 6) is 0.146. The molecule has 3 heteroatoms. The van der Waals surface area contributed by atoms with E-state index in [4.69, 9.17) is 4.74 Å². The topological polar surface area (TPSA) is 9.23 Å². The average molecular weight is 436 g/mol. The minimum absolute atomic E-state index is 0.252. The van der Waals surface area contributed by atoms with E-state index in [2.05, 4.69) is 55.5 Å². The van der Waals surface area contributed by atoms with E-state index >= 15 is 0 Å². The van der Waals surface area contributed by atoms with Crippen LogP contribution in [0.3, 0.4) is 0 Å². The summed E-state index contributed by atoms with van der Waals surface area (Å²) in [6.07, 6.45) is 9.06. The van der Waals surface area contributed by atoms with E-state index in [0.29, 0.717) is 5.75 Å². The van der Waals surface area contributed by atoms with Crippen molar-refractivity contribution in [1.29, 1.82) is 0 Å². The van der Waals surface area contributed by atoms with Crippen LogP contribution in [0.15, 0.2) is 93.5 Å². The molecule has 0 amide bonds. The van der Waals surface area contributed by atoms with Gasteiger partial charge < -0.3 is 4.74 Å². The van der Waals surface area contributed by atoms with Gasteiger partial charge in [-0.15, -0.1) is 0 Å². The molecule has 1 saturated carbocycles. The fourth-order valence-electron chi connectivity index (χ4n) is 4.52. The molecular formula is C28H32FOS+. The first kappa shape index (κ1) is 22.0. The van der Waals surface area contributed by atoms with Gasteiger partial charge >= 0.3 is 0 Å². The molecule has 0 spiro atoms. The number of ether oxygens (including phenoxy) is 1. The van der Waals surface area contributed by atoms with E-state index in [1.165, 1.54) is 29.1 Å². The standard InChI is InChI=1S/C28H32FOS/c1-2-28(20-12-4-3-5-13-21-28)30-27-22-25(18-19-26(27)29)31(23-14-8-6-9-15-23)24-16-10-7-11-17-24/h6-11,14-19,22H,2-5,12-13,20-21H2,1H3/q+1. The van der Waals surface area contributed by atoms with Crippen LogP contribution in [0.25, 0.3) is 0 Å². The number of benzene rings is 3. The summed E-state index contributed by atoms with van der Waals surface area (Å²) in [5, 5.41) is 0. The molecule has 0 unspecified atom stereocenters. The highest BCUT2D eigenvalue weighted by Crippen LogP contribution is 2.38. The first-order chi connectivity index (χ1) is 15.2. The third kappa shape index (κ3) is 5.33. The zero-order valence-electron chi connectivity index (χ0n) is 18.4. The smallest absolute Gasteiger partial charge is 0.170 e. The summed E-state index contributed by atoms with van der Waals surface area (Å²) in [7, 11) is -0.308. The lowest BCUT2D eigenvalue weighted by Gasteiger charge is -2.35. The van der Waals surface area contributed by atoms with Gasteiger partial charge in [0.1, 0.15) is 5.60 Å². The van der Waals surface area contributed by atoms with Crippen molar-refractivity contribution >= 4 is 10.9 Å². The van der Waals surface area contributed by atoms with Crippen molar-refractivity contribution in [3.8, 4) is 5.75 Å². The Kier molecular flexibility index (Phi) is 7.34. The zero-order valence-corrected chi connectivity index (χ0v) is 19.2. The Balaban J connectivity index is 1.71. The quantitative estimate of drug-likeness (QED) is 0.355. The Bertz CT molecular complexity index is 910. The lowest BCUT2D eigenvalue weighted by atomic mass is 9.85. The van der Waals surface area contributed by atoms with Crippen molar-refractivity contribution in [1.82, 2.24) is 0 Å². The van der Waals surface area contributed by atoms with Gasteiger partial charge in [-0.05, 0) is 68.5 Å². The van der Waals surface area contributed by atoms with E-state index in [0.717, 1.165) is 37.0 Å². The van der Waals surface area contributed by atoms with Crippen molar-refractivity contribution < 1.29 is 9.13 Å². The van der Waals surface area contributed by atoms with Crippen molar-refractivity contribution in [2.45, 2.75) is 78.6 Å². The highest BCUT2D eigenvalue weighted by atomic mass is 32.2. The molecule has 3 aromatic rings. The Labute approximate surface area is 189 Å². The minimum atomic E-state index is -0.308. The lowest BCUT2D eigenvalue weighted by molar-refractivity contribution is 0.0328. The molecule has 3 aromatic carbocycles. The van der Waals surface area contributed by atoms with Crippen LogP contribution in [0.2, 0.25) is 0 Å². The molecule has 0 atom stereocenters. The molecule has 162 valence electrons. The number of halogens is 1. The van der Waals surface area contributed by atoms with Gasteiger partial charge in [0.25, 0.3) is 0 Å². The van der Waals surface area contributed by atoms with Crippen LogP contribution in [0, 0.1) is 5.82 Å². The van der Waals surface area contributed by atoms with Gasteiger partial charge in [0.2, 0.25) is 0 Å².